The van der Waals surface area contributed by atoms with Crippen molar-refractivity contribution in [2.75, 3.05) is 13.7 Å². The molecular weight excluding hydrogens is 298 g/mol. The van der Waals surface area contributed by atoms with Gasteiger partial charge in [0.25, 0.3) is 0 Å². The molecular formula is C17H25NO5. The average Bonchev–Trinajstić information content (AvgIpc) is 2.48. The van der Waals surface area contributed by atoms with Crippen molar-refractivity contribution in [3.63, 3.8) is 0 Å². The Labute approximate surface area is 136 Å². The molecule has 1 N–H and O–H groups in total. The van der Waals surface area contributed by atoms with Gasteiger partial charge in [0.05, 0.1) is 25.3 Å². The van der Waals surface area contributed by atoms with Gasteiger partial charge in [-0.1, -0.05) is 32.9 Å². The van der Waals surface area contributed by atoms with Gasteiger partial charge < -0.3 is 4.74 Å². The molecule has 1 rings (SSSR count). The minimum absolute atomic E-state index is 0.0429. The SMILES string of the molecule is C=CCONC(/C=C1/C(=O)CC(C)(C)C(C(=O)OC)C1=O)CC. The lowest BCUT2D eigenvalue weighted by Crippen LogP contribution is -2.46. The maximum Gasteiger partial charge on any atom is 0.317 e. The first-order chi connectivity index (χ1) is 10.8. The minimum atomic E-state index is -0.969. The van der Waals surface area contributed by atoms with Crippen LogP contribution in [0.15, 0.2) is 24.3 Å². The lowest BCUT2D eigenvalue weighted by Gasteiger charge is -2.35. The van der Waals surface area contributed by atoms with E-state index in [2.05, 4.69) is 12.1 Å². The Bertz CT molecular complexity index is 521. The number of hydroxylamine groups is 1. The standard InChI is InChI=1S/C17H25NO5/c1-6-8-23-18-11(7-2)9-12-13(19)10-17(3,4)14(15(12)20)16(21)22-5/h6,9,11,14,18H,1,7-8,10H2,2-5H3/b12-9-. The number of allylic oxidation sites excluding steroid dienone is 1. The van der Waals surface area contributed by atoms with Crippen LogP contribution >= 0.6 is 0 Å². The van der Waals surface area contributed by atoms with Crippen molar-refractivity contribution in [1.82, 2.24) is 5.48 Å². The molecule has 128 valence electrons. The van der Waals surface area contributed by atoms with E-state index >= 15 is 0 Å². The van der Waals surface area contributed by atoms with E-state index in [9.17, 15) is 14.4 Å². The van der Waals surface area contributed by atoms with E-state index in [-0.39, 0.29) is 23.8 Å². The third-order valence-corrected chi connectivity index (χ3v) is 3.91. The van der Waals surface area contributed by atoms with Crippen LogP contribution in [0.2, 0.25) is 0 Å². The molecule has 23 heavy (non-hydrogen) atoms. The van der Waals surface area contributed by atoms with Crippen LogP contribution in [0.5, 0.6) is 0 Å². The number of carbonyl (C=O) groups excluding carboxylic acids is 3. The number of nitrogens with one attached hydrogen (secondary N) is 1. The van der Waals surface area contributed by atoms with E-state index in [4.69, 9.17) is 9.57 Å². The van der Waals surface area contributed by atoms with Gasteiger partial charge in [-0.2, -0.15) is 5.48 Å². The van der Waals surface area contributed by atoms with Crippen LogP contribution in [-0.4, -0.2) is 37.3 Å². The van der Waals surface area contributed by atoms with Crippen molar-refractivity contribution in [1.29, 1.82) is 0 Å². The Morgan fingerprint density at radius 1 is 1.48 bits per heavy atom. The quantitative estimate of drug-likeness (QED) is 0.146. The maximum absolute atomic E-state index is 12.7. The van der Waals surface area contributed by atoms with E-state index in [0.29, 0.717) is 13.0 Å². The molecule has 0 radical (unpaired) electrons. The van der Waals surface area contributed by atoms with Crippen LogP contribution in [0, 0.1) is 11.3 Å². The maximum atomic E-state index is 12.7. The fraction of sp³-hybridized carbons (Fsp3) is 0.588. The molecule has 0 spiro atoms. The second-order valence-electron chi connectivity index (χ2n) is 6.22. The molecule has 1 aliphatic carbocycles. The van der Waals surface area contributed by atoms with Crippen molar-refractivity contribution >= 4 is 17.5 Å². The molecule has 0 aromatic rings. The van der Waals surface area contributed by atoms with Crippen LogP contribution < -0.4 is 5.48 Å². The first kappa shape index (κ1) is 19.3. The van der Waals surface area contributed by atoms with Crippen molar-refractivity contribution in [3.8, 4) is 0 Å². The van der Waals surface area contributed by atoms with Crippen LogP contribution in [0.4, 0.5) is 0 Å². The lowest BCUT2D eigenvalue weighted by molar-refractivity contribution is -0.155. The smallest absolute Gasteiger partial charge is 0.317 e. The number of methoxy groups -OCH3 is 1. The summed E-state index contributed by atoms with van der Waals surface area (Å²) in [4.78, 5) is 42.1. The van der Waals surface area contributed by atoms with E-state index in [1.807, 2.05) is 6.92 Å². The van der Waals surface area contributed by atoms with Crippen LogP contribution in [0.1, 0.15) is 33.6 Å². The molecule has 0 bridgehead atoms. The molecule has 2 atom stereocenters. The highest BCUT2D eigenvalue weighted by Gasteiger charge is 2.49. The molecule has 0 aromatic carbocycles. The highest BCUT2D eigenvalue weighted by atomic mass is 16.6. The summed E-state index contributed by atoms with van der Waals surface area (Å²) in [6.45, 7) is 9.19. The number of hydrogen-bond donors (Lipinski definition) is 1. The second-order valence-corrected chi connectivity index (χ2v) is 6.22. The van der Waals surface area contributed by atoms with Gasteiger partial charge in [0.15, 0.2) is 11.6 Å². The molecule has 0 aliphatic heterocycles. The Morgan fingerprint density at radius 2 is 2.13 bits per heavy atom. The first-order valence-corrected chi connectivity index (χ1v) is 7.63. The fourth-order valence-electron chi connectivity index (χ4n) is 2.63. The summed E-state index contributed by atoms with van der Waals surface area (Å²) in [5.41, 5.74) is 2.06. The molecule has 1 fully saturated rings. The van der Waals surface area contributed by atoms with E-state index in [1.165, 1.54) is 7.11 Å². The average molecular weight is 323 g/mol. The van der Waals surface area contributed by atoms with E-state index in [1.54, 1.807) is 26.0 Å². The number of carbonyl (C=O) groups is 3. The zero-order valence-corrected chi connectivity index (χ0v) is 14.2. The summed E-state index contributed by atoms with van der Waals surface area (Å²) in [6.07, 6.45) is 3.86. The summed E-state index contributed by atoms with van der Waals surface area (Å²) >= 11 is 0. The zero-order valence-electron chi connectivity index (χ0n) is 14.2. The highest BCUT2D eigenvalue weighted by Crippen LogP contribution is 2.39. The number of esters is 1. The van der Waals surface area contributed by atoms with E-state index < -0.39 is 23.1 Å². The molecule has 6 nitrogen and oxygen atoms in total. The normalized spacial score (nSPS) is 23.7. The van der Waals surface area contributed by atoms with Crippen molar-refractivity contribution in [2.24, 2.45) is 11.3 Å². The van der Waals surface area contributed by atoms with Gasteiger partial charge >= 0.3 is 5.97 Å². The Morgan fingerprint density at radius 3 is 2.65 bits per heavy atom. The van der Waals surface area contributed by atoms with Crippen LogP contribution in [0.25, 0.3) is 0 Å². The molecule has 0 saturated heterocycles. The summed E-state index contributed by atoms with van der Waals surface area (Å²) in [5.74, 6) is -2.32. The summed E-state index contributed by atoms with van der Waals surface area (Å²) < 4.78 is 4.74. The van der Waals surface area contributed by atoms with E-state index in [0.717, 1.165) is 0 Å². The molecule has 1 aliphatic rings. The first-order valence-electron chi connectivity index (χ1n) is 7.63. The number of ketones is 2. The third-order valence-electron chi connectivity index (χ3n) is 3.91. The molecule has 0 amide bonds. The Kier molecular flexibility index (Phi) is 6.84. The molecule has 2 unspecified atom stereocenters. The molecule has 0 aromatic heterocycles. The number of hydrogen-bond acceptors (Lipinski definition) is 6. The zero-order chi connectivity index (χ0) is 17.6. The van der Waals surface area contributed by atoms with Crippen molar-refractivity contribution in [3.05, 3.63) is 24.3 Å². The Hall–Kier alpha value is -1.79. The monoisotopic (exact) mass is 323 g/mol. The highest BCUT2D eigenvalue weighted by molar-refractivity contribution is 6.27. The van der Waals surface area contributed by atoms with Gasteiger partial charge in [-0.15, -0.1) is 6.58 Å². The fourth-order valence-corrected chi connectivity index (χ4v) is 2.63. The number of ether oxygens (including phenoxy) is 1. The number of rotatable bonds is 7. The number of Topliss-reactive ketones (excluding diaryl/α,β-unsaturated/α-hetero) is 2. The van der Waals surface area contributed by atoms with Crippen LogP contribution in [0.3, 0.4) is 0 Å². The van der Waals surface area contributed by atoms with Gasteiger partial charge in [0.2, 0.25) is 0 Å². The van der Waals surface area contributed by atoms with Crippen LogP contribution in [-0.2, 0) is 24.0 Å². The van der Waals surface area contributed by atoms with Gasteiger partial charge in [0, 0.05) is 6.42 Å². The molecule has 0 heterocycles. The van der Waals surface area contributed by atoms with Gasteiger partial charge in [0.1, 0.15) is 5.92 Å². The lowest BCUT2D eigenvalue weighted by atomic mass is 9.65. The predicted octanol–water partition coefficient (Wildman–Crippen LogP) is 1.76. The van der Waals surface area contributed by atoms with Crippen molar-refractivity contribution in [2.45, 2.75) is 39.7 Å². The minimum Gasteiger partial charge on any atom is -0.468 e. The summed E-state index contributed by atoms with van der Waals surface area (Å²) in [5, 5.41) is 0. The van der Waals surface area contributed by atoms with Gasteiger partial charge in [-0.3, -0.25) is 19.2 Å². The van der Waals surface area contributed by atoms with Gasteiger partial charge in [-0.25, -0.2) is 0 Å². The topological polar surface area (TPSA) is 81.7 Å². The predicted molar refractivity (Wildman–Crippen MR) is 85.4 cm³/mol. The largest absolute Gasteiger partial charge is 0.468 e. The summed E-state index contributed by atoms with van der Waals surface area (Å²) in [7, 11) is 1.24. The molecule has 1 saturated carbocycles. The second kappa shape index (κ2) is 8.17. The van der Waals surface area contributed by atoms with Gasteiger partial charge in [-0.05, 0) is 11.8 Å². The molecule has 6 heteroatoms. The van der Waals surface area contributed by atoms with Crippen molar-refractivity contribution < 1.29 is 24.0 Å². The Balaban J connectivity index is 3.06. The third kappa shape index (κ3) is 4.59. The summed E-state index contributed by atoms with van der Waals surface area (Å²) in [6, 6.07) is -0.308.